The number of hydrogen-bond acceptors (Lipinski definition) is 4. The summed E-state index contributed by atoms with van der Waals surface area (Å²) in [7, 11) is -2.79. The summed E-state index contributed by atoms with van der Waals surface area (Å²) in [5, 5.41) is 25.8. The van der Waals surface area contributed by atoms with Crippen molar-refractivity contribution in [2.24, 2.45) is 9.74 Å². The zero-order valence-electron chi connectivity index (χ0n) is 28.9. The van der Waals surface area contributed by atoms with Crippen LogP contribution in [0.15, 0.2) is 82.5 Å². The van der Waals surface area contributed by atoms with Crippen molar-refractivity contribution in [3.63, 3.8) is 0 Å². The second kappa shape index (κ2) is 13.4. The summed E-state index contributed by atoms with van der Waals surface area (Å²) in [4.78, 5) is 4.97. The fourth-order valence-electron chi connectivity index (χ4n) is 6.17. The van der Waals surface area contributed by atoms with Crippen molar-refractivity contribution in [3.05, 3.63) is 106 Å². The zero-order valence-corrected chi connectivity index (χ0v) is 29.8. The Morgan fingerprint density at radius 3 is 1.71 bits per heavy atom. The van der Waals surface area contributed by atoms with Crippen molar-refractivity contribution >= 4 is 35.3 Å². The van der Waals surface area contributed by atoms with Crippen LogP contribution < -0.4 is 10.6 Å². The predicted octanol–water partition coefficient (Wildman–Crippen LogP) is 10.7. The molecule has 4 aromatic carbocycles. The van der Waals surface area contributed by atoms with Crippen LogP contribution in [0, 0.1) is 20.8 Å². The standard InChI is InChI=1S/C40H51N2O2P/c1-11-12-23-45(34-21-15-18-31(37(34)43)39(5,6)7,35-22-16-19-32(38(35)44)40(8,9)10)42-33-20-14-13-17-30(33)26-41-36-28(3)24-27(2)25-29(36)4/h13-22,24-26,43-44H,11-12,23H2,1-10H3. The van der Waals surface area contributed by atoms with Gasteiger partial charge in [0.05, 0.1) is 11.4 Å². The number of aryl methyl sites for hydroxylation is 3. The summed E-state index contributed by atoms with van der Waals surface area (Å²) in [6, 6.07) is 24.5. The van der Waals surface area contributed by atoms with E-state index in [1.165, 1.54) is 5.56 Å². The SMILES string of the molecule is CCCCP(=Nc1ccccc1C=Nc1c(C)cc(C)cc1C)(c1cccc(C(C)(C)C)c1O)c1cccc(C(C)(C)C)c1O. The number of nitrogens with zero attached hydrogens (tertiary/aromatic N) is 2. The molecule has 0 aliphatic rings. The summed E-state index contributed by atoms with van der Waals surface area (Å²) in [6.45, 7) is 21.2. The first kappa shape index (κ1) is 34.3. The smallest absolute Gasteiger partial charge is 0.128 e. The van der Waals surface area contributed by atoms with Gasteiger partial charge in [-0.3, -0.25) is 9.74 Å². The highest BCUT2D eigenvalue weighted by molar-refractivity contribution is 7.81. The molecule has 0 aliphatic carbocycles. The molecule has 0 saturated heterocycles. The maximum absolute atomic E-state index is 12.1. The van der Waals surface area contributed by atoms with Crippen molar-refractivity contribution in [2.45, 2.75) is 92.9 Å². The lowest BCUT2D eigenvalue weighted by molar-refractivity contribution is 0.450. The van der Waals surface area contributed by atoms with Crippen LogP contribution in [-0.2, 0) is 10.8 Å². The number of hydrogen-bond donors (Lipinski definition) is 2. The molecule has 4 rings (SSSR count). The topological polar surface area (TPSA) is 65.2 Å². The lowest BCUT2D eigenvalue weighted by atomic mass is 9.86. The molecule has 0 heterocycles. The molecule has 0 atom stereocenters. The minimum absolute atomic E-state index is 0.274. The number of phenols is 2. The number of benzene rings is 4. The van der Waals surface area contributed by atoms with Crippen LogP contribution in [0.2, 0.25) is 0 Å². The summed E-state index contributed by atoms with van der Waals surface area (Å²) in [5.41, 5.74) is 7.36. The Balaban J connectivity index is 2.13. The van der Waals surface area contributed by atoms with Crippen LogP contribution in [-0.4, -0.2) is 22.6 Å². The molecule has 45 heavy (non-hydrogen) atoms. The van der Waals surface area contributed by atoms with Gasteiger partial charge in [-0.1, -0.05) is 115 Å². The van der Waals surface area contributed by atoms with Gasteiger partial charge in [0.2, 0.25) is 0 Å². The van der Waals surface area contributed by atoms with Crippen molar-refractivity contribution in [1.82, 2.24) is 0 Å². The molecule has 4 aromatic rings. The summed E-state index contributed by atoms with van der Waals surface area (Å²) in [5.74, 6) is 0.548. The average Bonchev–Trinajstić information content (AvgIpc) is 2.94. The Morgan fingerprint density at radius 2 is 1.22 bits per heavy atom. The maximum Gasteiger partial charge on any atom is 0.128 e. The lowest BCUT2D eigenvalue weighted by Gasteiger charge is -2.32. The third-order valence-corrected chi connectivity index (χ3v) is 12.3. The number of phenolic OH excluding ortho intramolecular Hbond substituents is 2. The molecule has 0 radical (unpaired) electrons. The fraction of sp³-hybridized carbons (Fsp3) is 0.375. The number of aliphatic imine (C=N–C) groups is 1. The normalized spacial score (nSPS) is 12.6. The Bertz CT molecular complexity index is 1680. The van der Waals surface area contributed by atoms with Gasteiger partial charge in [-0.25, -0.2) is 0 Å². The molecule has 5 heteroatoms. The van der Waals surface area contributed by atoms with E-state index in [0.29, 0.717) is 6.16 Å². The maximum atomic E-state index is 12.1. The van der Waals surface area contributed by atoms with Gasteiger partial charge in [0, 0.05) is 29.4 Å². The van der Waals surface area contributed by atoms with Gasteiger partial charge in [0.15, 0.2) is 0 Å². The minimum Gasteiger partial charge on any atom is -0.507 e. The quantitative estimate of drug-likeness (QED) is 0.152. The second-order valence-electron chi connectivity index (χ2n) is 14.4. The molecule has 4 nitrogen and oxygen atoms in total. The number of para-hydroxylation sites is 2. The van der Waals surface area contributed by atoms with Gasteiger partial charge in [-0.2, -0.15) is 0 Å². The van der Waals surface area contributed by atoms with Gasteiger partial charge in [0.25, 0.3) is 0 Å². The third kappa shape index (κ3) is 7.28. The molecular formula is C40H51N2O2P. The molecular weight excluding hydrogens is 571 g/mol. The molecule has 0 saturated carbocycles. The van der Waals surface area contributed by atoms with Gasteiger partial charge < -0.3 is 10.2 Å². The highest BCUT2D eigenvalue weighted by atomic mass is 31.2. The second-order valence-corrected chi connectivity index (χ2v) is 17.5. The molecule has 0 aromatic heterocycles. The first-order chi connectivity index (χ1) is 21.1. The van der Waals surface area contributed by atoms with Crippen molar-refractivity contribution < 1.29 is 10.2 Å². The Labute approximate surface area is 271 Å². The van der Waals surface area contributed by atoms with Gasteiger partial charge in [-0.15, -0.1) is 0 Å². The van der Waals surface area contributed by atoms with Crippen LogP contribution in [0.5, 0.6) is 11.5 Å². The van der Waals surface area contributed by atoms with E-state index in [2.05, 4.69) is 81.4 Å². The molecule has 0 spiro atoms. The highest BCUT2D eigenvalue weighted by Gasteiger charge is 2.34. The van der Waals surface area contributed by atoms with Gasteiger partial charge >= 0.3 is 0 Å². The molecule has 2 N–H and O–H groups in total. The third-order valence-electron chi connectivity index (χ3n) is 8.46. The largest absolute Gasteiger partial charge is 0.507 e. The van der Waals surface area contributed by atoms with E-state index >= 15 is 0 Å². The van der Waals surface area contributed by atoms with Crippen molar-refractivity contribution in [3.8, 4) is 11.5 Å². The number of rotatable bonds is 8. The summed E-state index contributed by atoms with van der Waals surface area (Å²) >= 11 is 0. The van der Waals surface area contributed by atoms with E-state index in [0.717, 1.165) is 62.6 Å². The first-order valence-corrected chi connectivity index (χ1v) is 18.0. The lowest BCUT2D eigenvalue weighted by Crippen LogP contribution is -2.24. The van der Waals surface area contributed by atoms with Gasteiger partial charge in [0.1, 0.15) is 11.5 Å². The summed E-state index contributed by atoms with van der Waals surface area (Å²) in [6.07, 6.45) is 4.49. The number of aromatic hydroxyl groups is 2. The van der Waals surface area contributed by atoms with Crippen LogP contribution in [0.25, 0.3) is 0 Å². The van der Waals surface area contributed by atoms with Crippen LogP contribution in [0.3, 0.4) is 0 Å². The monoisotopic (exact) mass is 622 g/mol. The first-order valence-electron chi connectivity index (χ1n) is 16.1. The Morgan fingerprint density at radius 1 is 0.711 bits per heavy atom. The minimum atomic E-state index is -2.79. The van der Waals surface area contributed by atoms with E-state index in [-0.39, 0.29) is 22.3 Å². The van der Waals surface area contributed by atoms with E-state index in [4.69, 9.17) is 9.74 Å². The van der Waals surface area contributed by atoms with Crippen molar-refractivity contribution in [2.75, 3.05) is 6.16 Å². The average molecular weight is 623 g/mol. The molecule has 0 bridgehead atoms. The van der Waals surface area contributed by atoms with Crippen molar-refractivity contribution in [1.29, 1.82) is 0 Å². The van der Waals surface area contributed by atoms with E-state index in [9.17, 15) is 10.2 Å². The number of unbranched alkanes of at least 4 members (excludes halogenated alkanes) is 1. The van der Waals surface area contributed by atoms with Crippen LogP contribution in [0.4, 0.5) is 11.4 Å². The van der Waals surface area contributed by atoms with Gasteiger partial charge in [-0.05, 0) is 84.6 Å². The zero-order chi connectivity index (χ0) is 33.2. The molecule has 0 aliphatic heterocycles. The highest BCUT2D eigenvalue weighted by Crippen LogP contribution is 2.56. The predicted molar refractivity (Wildman–Crippen MR) is 196 cm³/mol. The van der Waals surface area contributed by atoms with E-state index in [1.807, 2.05) is 66.9 Å². The molecule has 0 unspecified atom stereocenters. The van der Waals surface area contributed by atoms with Crippen LogP contribution in [0.1, 0.15) is 94.7 Å². The van der Waals surface area contributed by atoms with Crippen LogP contribution >= 0.6 is 7.05 Å². The fourth-order valence-corrected chi connectivity index (χ4v) is 10.2. The Kier molecular flexibility index (Phi) is 10.2. The molecule has 0 amide bonds. The molecule has 238 valence electrons. The Hall–Kier alpha value is -3.62. The summed E-state index contributed by atoms with van der Waals surface area (Å²) < 4.78 is 5.71. The molecule has 0 fully saturated rings. The van der Waals surface area contributed by atoms with E-state index in [1.54, 1.807) is 0 Å². The van der Waals surface area contributed by atoms with E-state index < -0.39 is 7.05 Å².